The van der Waals surface area contributed by atoms with Crippen LogP contribution in [0.4, 0.5) is 0 Å². The van der Waals surface area contributed by atoms with Gasteiger partial charge in [-0.1, -0.05) is 59.5 Å². The molecule has 5 atom stereocenters. The van der Waals surface area contributed by atoms with Crippen LogP contribution in [0.2, 0.25) is 64.5 Å². The van der Waals surface area contributed by atoms with Crippen LogP contribution in [0.3, 0.4) is 0 Å². The Morgan fingerprint density at radius 2 is 1.15 bits per heavy atom. The van der Waals surface area contributed by atoms with Gasteiger partial charge in [0.2, 0.25) is 8.32 Å². The lowest BCUT2D eigenvalue weighted by atomic mass is 9.97. The third kappa shape index (κ3) is 7.73. The molecule has 0 amide bonds. The lowest BCUT2D eigenvalue weighted by molar-refractivity contribution is 0.0211. The van der Waals surface area contributed by atoms with E-state index in [1.54, 1.807) is 0 Å². The zero-order valence-corrected chi connectivity index (χ0v) is 29.4. The zero-order valence-electron chi connectivity index (χ0n) is 25.4. The number of hydrogen-bond donors (Lipinski definition) is 0. The first-order valence-corrected chi connectivity index (χ1v) is 25.7. The van der Waals surface area contributed by atoms with Crippen molar-refractivity contribution in [2.75, 3.05) is 0 Å². The zero-order chi connectivity index (χ0) is 26.7. The van der Waals surface area contributed by atoms with Crippen molar-refractivity contribution in [2.24, 2.45) is 0 Å². The Hall–Kier alpha value is 0.488. The van der Waals surface area contributed by atoms with Crippen molar-refractivity contribution in [3.05, 3.63) is 12.3 Å². The van der Waals surface area contributed by atoms with Crippen LogP contribution >= 0.6 is 0 Å². The molecule has 0 aliphatic heterocycles. The minimum Gasteiger partial charge on any atom is -0.415 e. The molecule has 0 aliphatic carbocycles. The van der Waals surface area contributed by atoms with Gasteiger partial charge in [-0.15, -0.1) is 6.58 Å². The van der Waals surface area contributed by atoms with E-state index in [9.17, 15) is 0 Å². The molecule has 0 rings (SSSR count). The topological polar surface area (TPSA) is 27.7 Å². The maximum absolute atomic E-state index is 7.38. The molecule has 0 aromatic rings. The van der Waals surface area contributed by atoms with Gasteiger partial charge in [0.05, 0.1) is 18.9 Å². The molecule has 0 radical (unpaired) electrons. The van der Waals surface area contributed by atoms with E-state index in [1.165, 1.54) is 0 Å². The first-order chi connectivity index (χ1) is 14.6. The summed E-state index contributed by atoms with van der Waals surface area (Å²) < 4.78 is 21.5. The summed E-state index contributed by atoms with van der Waals surface area (Å²) in [6, 6.07) is 0. The Balaban J connectivity index is 6.44. The van der Waals surface area contributed by atoms with Crippen molar-refractivity contribution < 1.29 is 13.3 Å². The fraction of sp³-hybridized carbons (Fsp3) is 0.923. The van der Waals surface area contributed by atoms with Gasteiger partial charge in [-0.25, -0.2) is 0 Å². The highest BCUT2D eigenvalue weighted by Crippen LogP contribution is 2.48. The van der Waals surface area contributed by atoms with Gasteiger partial charge in [0.1, 0.15) is 0 Å². The van der Waals surface area contributed by atoms with Crippen molar-refractivity contribution in [3.63, 3.8) is 0 Å². The number of rotatable bonds is 15. The fourth-order valence-electron chi connectivity index (χ4n) is 5.51. The molecular weight excluding hydrogens is 473 g/mol. The largest absolute Gasteiger partial charge is 0.415 e. The molecule has 4 unspecified atom stereocenters. The molecule has 0 bridgehead atoms. The van der Waals surface area contributed by atoms with Gasteiger partial charge in [-0.05, 0) is 79.3 Å². The Morgan fingerprint density at radius 3 is 1.42 bits per heavy atom. The Kier molecular flexibility index (Phi) is 11.4. The summed E-state index contributed by atoms with van der Waals surface area (Å²) in [6.07, 6.45) is 4.03. The molecule has 0 saturated heterocycles. The predicted molar refractivity (Wildman–Crippen MR) is 159 cm³/mol. The van der Waals surface area contributed by atoms with Crippen molar-refractivity contribution in [2.45, 2.75) is 155 Å². The molecule has 0 aliphatic rings. The number of hydrogen-bond acceptors (Lipinski definition) is 3. The van der Waals surface area contributed by atoms with E-state index < -0.39 is 33.0 Å². The van der Waals surface area contributed by atoms with Crippen LogP contribution in [0, 0.1) is 0 Å². The summed E-state index contributed by atoms with van der Waals surface area (Å²) in [7, 11) is -7.85. The normalized spacial score (nSPS) is 21.9. The molecule has 0 aromatic heterocycles. The van der Waals surface area contributed by atoms with Crippen LogP contribution in [-0.2, 0) is 13.3 Å². The molecule has 7 heteroatoms. The van der Waals surface area contributed by atoms with Crippen molar-refractivity contribution in [1.82, 2.24) is 0 Å². The second-order valence-corrected chi connectivity index (χ2v) is 31.4. The summed E-state index contributed by atoms with van der Waals surface area (Å²) >= 11 is 0. The van der Waals surface area contributed by atoms with Crippen molar-refractivity contribution in [1.29, 1.82) is 0 Å². The molecule has 0 heterocycles. The minimum absolute atomic E-state index is 0.0250. The van der Waals surface area contributed by atoms with Gasteiger partial charge < -0.3 is 13.3 Å². The monoisotopic (exact) mass is 532 g/mol. The van der Waals surface area contributed by atoms with E-state index in [1.807, 2.05) is 0 Å². The van der Waals surface area contributed by atoms with Gasteiger partial charge in [-0.3, -0.25) is 0 Å². The molecule has 0 saturated carbocycles. The van der Waals surface area contributed by atoms with Gasteiger partial charge in [0.25, 0.3) is 0 Å². The van der Waals surface area contributed by atoms with E-state index in [0.717, 1.165) is 25.7 Å². The highest BCUT2D eigenvalue weighted by atomic mass is 28.4. The van der Waals surface area contributed by atoms with Crippen LogP contribution in [0.15, 0.2) is 12.3 Å². The molecule has 0 fully saturated rings. The second-order valence-electron chi connectivity index (χ2n) is 13.4. The first kappa shape index (κ1) is 33.5. The van der Waals surface area contributed by atoms with Crippen LogP contribution < -0.4 is 0 Å². The summed E-state index contributed by atoms with van der Waals surface area (Å²) in [5.74, 6) is 0. The lowest BCUT2D eigenvalue weighted by Gasteiger charge is -2.55. The third-order valence-corrected chi connectivity index (χ3v) is 21.5. The molecular formula is C26H60O3Si4. The Morgan fingerprint density at radius 1 is 0.697 bits per heavy atom. The third-order valence-electron chi connectivity index (χ3n) is 8.53. The quantitative estimate of drug-likeness (QED) is 0.197. The van der Waals surface area contributed by atoms with Crippen LogP contribution in [0.5, 0.6) is 0 Å². The van der Waals surface area contributed by atoms with Crippen molar-refractivity contribution >= 4 is 33.0 Å². The van der Waals surface area contributed by atoms with Gasteiger partial charge in [0, 0.05) is 10.8 Å². The maximum atomic E-state index is 7.38. The van der Waals surface area contributed by atoms with Gasteiger partial charge in [0.15, 0.2) is 16.6 Å². The summed E-state index contributed by atoms with van der Waals surface area (Å²) in [4.78, 5) is 0. The second kappa shape index (κ2) is 11.3. The molecule has 0 spiro atoms. The van der Waals surface area contributed by atoms with E-state index in [2.05, 4.69) is 120 Å². The summed E-state index contributed by atoms with van der Waals surface area (Å²) in [5.41, 5.74) is 2.25. The van der Waals surface area contributed by atoms with E-state index >= 15 is 0 Å². The summed E-state index contributed by atoms with van der Waals surface area (Å²) in [6.45, 7) is 41.8. The average molecular weight is 533 g/mol. The molecule has 3 nitrogen and oxygen atoms in total. The first-order valence-electron chi connectivity index (χ1n) is 13.3. The van der Waals surface area contributed by atoms with Crippen LogP contribution in [-0.4, -0.2) is 49.1 Å². The molecule has 33 heavy (non-hydrogen) atoms. The average Bonchev–Trinajstić information content (AvgIpc) is 2.65. The highest BCUT2D eigenvalue weighted by molar-refractivity contribution is 6.82. The minimum atomic E-state index is -2.45. The molecule has 0 N–H and O–H groups in total. The van der Waals surface area contributed by atoms with Gasteiger partial charge >= 0.3 is 0 Å². The van der Waals surface area contributed by atoms with E-state index in [-0.39, 0.29) is 16.0 Å². The van der Waals surface area contributed by atoms with E-state index in [4.69, 9.17) is 13.3 Å². The van der Waals surface area contributed by atoms with Crippen LogP contribution in [0.1, 0.15) is 74.1 Å². The smallest absolute Gasteiger partial charge is 0.243 e. The standard InChI is InChI=1S/C26H60O3Si4/c1-18-23(32(15,16)29-25(7,20-3)30(9,10)11)24(6,19-2)27-33(17,22-5)26(8,21-4)28-31(12,13)14/h22-23H,5,18-21H2,1-4,6-17H3/t23?,24?,25?,26-,33?/m1/s1. The molecule has 198 valence electrons. The summed E-state index contributed by atoms with van der Waals surface area (Å²) in [5, 5.41) is -0.320. The van der Waals surface area contributed by atoms with Crippen LogP contribution in [0.25, 0.3) is 0 Å². The van der Waals surface area contributed by atoms with E-state index in [0.29, 0.717) is 5.54 Å². The Labute approximate surface area is 212 Å². The van der Waals surface area contributed by atoms with Crippen molar-refractivity contribution in [3.8, 4) is 0 Å². The lowest BCUT2D eigenvalue weighted by Crippen LogP contribution is -2.66. The van der Waals surface area contributed by atoms with Gasteiger partial charge in [-0.2, -0.15) is 0 Å². The highest BCUT2D eigenvalue weighted by Gasteiger charge is 2.56. The Bertz CT molecular complexity index is 642. The molecule has 0 aromatic carbocycles. The predicted octanol–water partition coefficient (Wildman–Crippen LogP) is 9.08. The maximum Gasteiger partial charge on any atom is 0.243 e. The SMILES string of the molecule is C=C[Si](C)(OC(C)(CC)C(CC)[Si](C)(C)OC(C)(CC)[Si](C)(C)C)[C@](C)(CC)O[Si](C)(C)C. The fourth-order valence-corrected chi connectivity index (χ4v) is 18.8.